The summed E-state index contributed by atoms with van der Waals surface area (Å²) < 4.78 is 31.3. The SMILES string of the molecule is CCCN(Cc1nnc(C)n1C1CC1)S(=O)(=O)N1CCCCC1. The molecule has 0 atom stereocenters. The van der Waals surface area contributed by atoms with E-state index >= 15 is 0 Å². The minimum Gasteiger partial charge on any atom is -0.311 e. The van der Waals surface area contributed by atoms with Gasteiger partial charge in [-0.05, 0) is 39.0 Å². The average molecular weight is 341 g/mol. The summed E-state index contributed by atoms with van der Waals surface area (Å²) in [5, 5.41) is 8.41. The van der Waals surface area contributed by atoms with Crippen LogP contribution in [-0.4, -0.2) is 51.4 Å². The maximum Gasteiger partial charge on any atom is 0.282 e. The number of nitrogens with zero attached hydrogens (tertiary/aromatic N) is 5. The van der Waals surface area contributed by atoms with Crippen molar-refractivity contribution >= 4 is 10.2 Å². The Hall–Kier alpha value is -0.990. The van der Waals surface area contributed by atoms with Crippen molar-refractivity contribution in [1.29, 1.82) is 0 Å². The molecule has 23 heavy (non-hydrogen) atoms. The molecule has 1 aromatic rings. The van der Waals surface area contributed by atoms with Gasteiger partial charge < -0.3 is 4.57 Å². The fraction of sp³-hybridized carbons (Fsp3) is 0.867. The summed E-state index contributed by atoms with van der Waals surface area (Å²) in [5.74, 6) is 1.66. The molecule has 0 N–H and O–H groups in total. The van der Waals surface area contributed by atoms with E-state index < -0.39 is 10.2 Å². The number of hydrogen-bond acceptors (Lipinski definition) is 4. The lowest BCUT2D eigenvalue weighted by atomic mass is 10.2. The zero-order chi connectivity index (χ0) is 16.4. The molecule has 1 saturated carbocycles. The van der Waals surface area contributed by atoms with Crippen LogP contribution < -0.4 is 0 Å². The Morgan fingerprint density at radius 2 is 1.87 bits per heavy atom. The highest BCUT2D eigenvalue weighted by Gasteiger charge is 2.33. The summed E-state index contributed by atoms with van der Waals surface area (Å²) in [4.78, 5) is 0. The van der Waals surface area contributed by atoms with E-state index in [0.29, 0.717) is 32.2 Å². The number of aryl methyl sites for hydroxylation is 1. The van der Waals surface area contributed by atoms with E-state index in [-0.39, 0.29) is 0 Å². The molecule has 0 amide bonds. The zero-order valence-corrected chi connectivity index (χ0v) is 14.9. The van der Waals surface area contributed by atoms with E-state index in [2.05, 4.69) is 14.8 Å². The summed E-state index contributed by atoms with van der Waals surface area (Å²) >= 11 is 0. The molecule has 1 aromatic heterocycles. The molecule has 1 aliphatic heterocycles. The predicted molar refractivity (Wildman–Crippen MR) is 88.1 cm³/mol. The van der Waals surface area contributed by atoms with Crippen molar-refractivity contribution < 1.29 is 8.42 Å². The molecular weight excluding hydrogens is 314 g/mol. The second-order valence-corrected chi connectivity index (χ2v) is 8.49. The van der Waals surface area contributed by atoms with Crippen molar-refractivity contribution in [2.24, 2.45) is 0 Å². The van der Waals surface area contributed by atoms with E-state index in [1.807, 2.05) is 13.8 Å². The van der Waals surface area contributed by atoms with Crippen LogP contribution >= 0.6 is 0 Å². The quantitative estimate of drug-likeness (QED) is 0.759. The molecule has 3 rings (SSSR count). The Labute approximate surface area is 138 Å². The van der Waals surface area contributed by atoms with E-state index in [0.717, 1.165) is 50.2 Å². The molecule has 0 bridgehead atoms. The number of piperidine rings is 1. The highest BCUT2D eigenvalue weighted by atomic mass is 32.2. The third-order valence-corrected chi connectivity index (χ3v) is 6.59. The van der Waals surface area contributed by atoms with Gasteiger partial charge in [0.25, 0.3) is 10.2 Å². The van der Waals surface area contributed by atoms with Gasteiger partial charge in [-0.15, -0.1) is 10.2 Å². The van der Waals surface area contributed by atoms with Crippen molar-refractivity contribution in [2.45, 2.75) is 65.0 Å². The Morgan fingerprint density at radius 3 is 2.48 bits per heavy atom. The molecule has 1 saturated heterocycles. The Balaban J connectivity index is 1.81. The smallest absolute Gasteiger partial charge is 0.282 e. The first kappa shape index (κ1) is 16.9. The highest BCUT2D eigenvalue weighted by molar-refractivity contribution is 7.86. The fourth-order valence-electron chi connectivity index (χ4n) is 3.27. The van der Waals surface area contributed by atoms with Crippen LogP contribution in [0.3, 0.4) is 0 Å². The van der Waals surface area contributed by atoms with Crippen LogP contribution in [0.15, 0.2) is 0 Å². The first-order valence-electron chi connectivity index (χ1n) is 8.69. The van der Waals surface area contributed by atoms with Crippen molar-refractivity contribution in [3.8, 4) is 0 Å². The first-order chi connectivity index (χ1) is 11.0. The molecule has 8 heteroatoms. The lowest BCUT2D eigenvalue weighted by molar-refractivity contribution is 0.295. The molecular formula is C15H27N5O2S. The van der Waals surface area contributed by atoms with Gasteiger partial charge >= 0.3 is 0 Å². The van der Waals surface area contributed by atoms with Crippen LogP contribution in [0, 0.1) is 6.92 Å². The molecule has 2 heterocycles. The third kappa shape index (κ3) is 3.59. The van der Waals surface area contributed by atoms with Crippen LogP contribution in [0.5, 0.6) is 0 Å². The molecule has 7 nitrogen and oxygen atoms in total. The Morgan fingerprint density at radius 1 is 1.17 bits per heavy atom. The maximum absolute atomic E-state index is 13.0. The summed E-state index contributed by atoms with van der Waals surface area (Å²) in [5.41, 5.74) is 0. The monoisotopic (exact) mass is 341 g/mol. The molecule has 0 unspecified atom stereocenters. The molecule has 2 fully saturated rings. The van der Waals surface area contributed by atoms with Crippen LogP contribution in [0.4, 0.5) is 0 Å². The largest absolute Gasteiger partial charge is 0.311 e. The maximum atomic E-state index is 13.0. The van der Waals surface area contributed by atoms with Gasteiger partial charge in [0.1, 0.15) is 11.6 Å². The summed E-state index contributed by atoms with van der Waals surface area (Å²) in [6.45, 7) is 6.07. The van der Waals surface area contributed by atoms with E-state index in [1.54, 1.807) is 8.61 Å². The minimum absolute atomic E-state index is 0.323. The fourth-order valence-corrected chi connectivity index (χ4v) is 5.01. The van der Waals surface area contributed by atoms with Crippen molar-refractivity contribution in [3.63, 3.8) is 0 Å². The second-order valence-electron chi connectivity index (χ2n) is 6.57. The molecule has 130 valence electrons. The minimum atomic E-state index is -3.41. The summed E-state index contributed by atoms with van der Waals surface area (Å²) in [6.07, 6.45) is 6.10. The normalized spacial score (nSPS) is 20.3. The van der Waals surface area contributed by atoms with Crippen LogP contribution in [0.25, 0.3) is 0 Å². The van der Waals surface area contributed by atoms with Gasteiger partial charge in [-0.2, -0.15) is 17.0 Å². The van der Waals surface area contributed by atoms with Gasteiger partial charge in [0.15, 0.2) is 0 Å². The van der Waals surface area contributed by atoms with E-state index in [9.17, 15) is 8.42 Å². The average Bonchev–Trinajstić information content (AvgIpc) is 3.32. The van der Waals surface area contributed by atoms with Gasteiger partial charge in [0, 0.05) is 25.7 Å². The molecule has 0 aromatic carbocycles. The summed E-state index contributed by atoms with van der Waals surface area (Å²) in [7, 11) is -3.41. The van der Waals surface area contributed by atoms with Crippen molar-refractivity contribution in [2.75, 3.05) is 19.6 Å². The molecule has 0 spiro atoms. The van der Waals surface area contributed by atoms with Gasteiger partial charge in [-0.1, -0.05) is 13.3 Å². The Kier molecular flexibility index (Phi) is 5.03. The topological polar surface area (TPSA) is 71.3 Å². The standard InChI is InChI=1S/C15H27N5O2S/c1-3-9-19(23(21,22)18-10-5-4-6-11-18)12-15-17-16-13(2)20(15)14-7-8-14/h14H,3-12H2,1-2H3. The summed E-state index contributed by atoms with van der Waals surface area (Å²) in [6, 6.07) is 0.459. The Bertz CT molecular complexity index is 632. The lowest BCUT2D eigenvalue weighted by Gasteiger charge is -2.31. The molecule has 0 radical (unpaired) electrons. The molecule has 2 aliphatic rings. The third-order valence-electron chi connectivity index (χ3n) is 4.61. The predicted octanol–water partition coefficient (Wildman–Crippen LogP) is 1.86. The van der Waals surface area contributed by atoms with Crippen LogP contribution in [0.1, 0.15) is 63.1 Å². The van der Waals surface area contributed by atoms with E-state index in [4.69, 9.17) is 0 Å². The second kappa shape index (κ2) is 6.86. The van der Waals surface area contributed by atoms with Crippen LogP contribution in [-0.2, 0) is 16.8 Å². The zero-order valence-electron chi connectivity index (χ0n) is 14.1. The van der Waals surface area contributed by atoms with Gasteiger partial charge in [-0.25, -0.2) is 0 Å². The number of aromatic nitrogens is 3. The van der Waals surface area contributed by atoms with E-state index in [1.165, 1.54) is 0 Å². The highest BCUT2D eigenvalue weighted by Crippen LogP contribution is 2.36. The van der Waals surface area contributed by atoms with Gasteiger partial charge in [0.05, 0.1) is 6.54 Å². The number of hydrogen-bond donors (Lipinski definition) is 0. The van der Waals surface area contributed by atoms with Gasteiger partial charge in [-0.3, -0.25) is 0 Å². The lowest BCUT2D eigenvalue weighted by Crippen LogP contribution is -2.46. The van der Waals surface area contributed by atoms with Crippen LogP contribution in [0.2, 0.25) is 0 Å². The van der Waals surface area contributed by atoms with Gasteiger partial charge in [0.2, 0.25) is 0 Å². The first-order valence-corrected chi connectivity index (χ1v) is 10.1. The molecule has 1 aliphatic carbocycles. The van der Waals surface area contributed by atoms with Crippen molar-refractivity contribution in [3.05, 3.63) is 11.6 Å². The number of rotatable bonds is 7. The van der Waals surface area contributed by atoms with Crippen molar-refractivity contribution in [1.82, 2.24) is 23.4 Å².